The zero-order valence-corrected chi connectivity index (χ0v) is 14.5. The first-order valence-corrected chi connectivity index (χ1v) is 8.29. The van der Waals surface area contributed by atoms with Crippen LogP contribution in [0, 0.1) is 0 Å². The Kier molecular flexibility index (Phi) is 8.26. The van der Waals surface area contributed by atoms with Crippen LogP contribution in [-0.2, 0) is 11.3 Å². The standard InChI is InChI=1S/C15H25N3OS.ClH/c1-3-8-18(13-6-7-16-10-13)12-15(19)17(2)11-14-5-4-9-20-14;/h4-5,9,13,16H,3,6-8,10-12H2,1-2H3;1H. The van der Waals surface area contributed by atoms with Gasteiger partial charge in [0.1, 0.15) is 0 Å². The molecule has 6 heteroatoms. The lowest BCUT2D eigenvalue weighted by Gasteiger charge is -2.29. The Labute approximate surface area is 137 Å². The molecule has 2 rings (SSSR count). The molecule has 1 saturated heterocycles. The van der Waals surface area contributed by atoms with E-state index in [1.807, 2.05) is 18.0 Å². The number of nitrogens with zero attached hydrogens (tertiary/aromatic N) is 2. The third-order valence-electron chi connectivity index (χ3n) is 3.80. The molecule has 1 unspecified atom stereocenters. The Morgan fingerprint density at radius 2 is 2.33 bits per heavy atom. The fraction of sp³-hybridized carbons (Fsp3) is 0.667. The summed E-state index contributed by atoms with van der Waals surface area (Å²) in [7, 11) is 1.90. The Bertz CT molecular complexity index is 407. The lowest BCUT2D eigenvalue weighted by Crippen LogP contribution is -2.44. The molecular weight excluding hydrogens is 306 g/mol. The number of carbonyl (C=O) groups excluding carboxylic acids is 1. The van der Waals surface area contributed by atoms with Gasteiger partial charge in [0.25, 0.3) is 0 Å². The van der Waals surface area contributed by atoms with Crippen LogP contribution < -0.4 is 5.32 Å². The van der Waals surface area contributed by atoms with E-state index in [4.69, 9.17) is 0 Å². The van der Waals surface area contributed by atoms with Gasteiger partial charge in [-0.05, 0) is 37.4 Å². The van der Waals surface area contributed by atoms with E-state index in [2.05, 4.69) is 28.6 Å². The van der Waals surface area contributed by atoms with Crippen LogP contribution in [0.1, 0.15) is 24.6 Å². The molecule has 1 aromatic rings. The van der Waals surface area contributed by atoms with E-state index < -0.39 is 0 Å². The summed E-state index contributed by atoms with van der Waals surface area (Å²) in [5.41, 5.74) is 0. The summed E-state index contributed by atoms with van der Waals surface area (Å²) in [5, 5.41) is 5.44. The van der Waals surface area contributed by atoms with Crippen molar-refractivity contribution in [1.29, 1.82) is 0 Å². The van der Waals surface area contributed by atoms with Crippen molar-refractivity contribution in [3.05, 3.63) is 22.4 Å². The van der Waals surface area contributed by atoms with E-state index in [0.717, 1.165) is 39.0 Å². The number of hydrogen-bond acceptors (Lipinski definition) is 4. The fourth-order valence-electron chi connectivity index (χ4n) is 2.65. The normalized spacial score (nSPS) is 17.8. The highest BCUT2D eigenvalue weighted by atomic mass is 35.5. The van der Waals surface area contributed by atoms with E-state index in [1.165, 1.54) is 4.88 Å². The van der Waals surface area contributed by atoms with Gasteiger partial charge in [0, 0.05) is 24.5 Å². The fourth-order valence-corrected chi connectivity index (χ4v) is 3.41. The van der Waals surface area contributed by atoms with Gasteiger partial charge in [-0.1, -0.05) is 13.0 Å². The van der Waals surface area contributed by atoms with E-state index in [9.17, 15) is 4.79 Å². The number of carbonyl (C=O) groups is 1. The van der Waals surface area contributed by atoms with Crippen molar-refractivity contribution in [2.45, 2.75) is 32.4 Å². The molecule has 0 aromatic carbocycles. The number of amides is 1. The Morgan fingerprint density at radius 1 is 1.52 bits per heavy atom. The van der Waals surface area contributed by atoms with E-state index in [0.29, 0.717) is 12.6 Å². The summed E-state index contributed by atoms with van der Waals surface area (Å²) in [6.07, 6.45) is 2.25. The van der Waals surface area contributed by atoms with Crippen LogP contribution in [0.4, 0.5) is 0 Å². The Balaban J connectivity index is 0.00000220. The molecular formula is C15H26ClN3OS. The van der Waals surface area contributed by atoms with Crippen LogP contribution in [0.3, 0.4) is 0 Å². The first-order chi connectivity index (χ1) is 9.70. The Morgan fingerprint density at radius 3 is 2.90 bits per heavy atom. The Hall–Kier alpha value is -0.620. The summed E-state index contributed by atoms with van der Waals surface area (Å²) in [4.78, 5) is 17.8. The van der Waals surface area contributed by atoms with Gasteiger partial charge < -0.3 is 10.2 Å². The second-order valence-electron chi connectivity index (χ2n) is 5.45. The maximum atomic E-state index is 12.4. The highest BCUT2D eigenvalue weighted by Gasteiger charge is 2.24. The minimum atomic E-state index is 0. The summed E-state index contributed by atoms with van der Waals surface area (Å²) in [5.74, 6) is 0.221. The quantitative estimate of drug-likeness (QED) is 0.832. The second kappa shape index (κ2) is 9.41. The lowest BCUT2D eigenvalue weighted by atomic mass is 10.2. The van der Waals surface area contributed by atoms with Gasteiger partial charge in [-0.25, -0.2) is 0 Å². The number of hydrogen-bond donors (Lipinski definition) is 1. The van der Waals surface area contributed by atoms with Crippen molar-refractivity contribution in [2.75, 3.05) is 33.2 Å². The van der Waals surface area contributed by atoms with E-state index >= 15 is 0 Å². The largest absolute Gasteiger partial charge is 0.340 e. The molecule has 4 nitrogen and oxygen atoms in total. The van der Waals surface area contributed by atoms with Crippen LogP contribution in [0.5, 0.6) is 0 Å². The predicted octanol–water partition coefficient (Wildman–Crippen LogP) is 2.20. The molecule has 1 aromatic heterocycles. The predicted molar refractivity (Wildman–Crippen MR) is 91.2 cm³/mol. The number of likely N-dealkylation sites (N-methyl/N-ethyl adjacent to an activating group) is 1. The van der Waals surface area contributed by atoms with Crippen molar-refractivity contribution in [3.8, 4) is 0 Å². The smallest absolute Gasteiger partial charge is 0.236 e. The molecule has 0 radical (unpaired) electrons. The first kappa shape index (κ1) is 18.4. The minimum Gasteiger partial charge on any atom is -0.340 e. The SMILES string of the molecule is CCCN(CC(=O)N(C)Cc1cccs1)C1CCNC1.Cl. The first-order valence-electron chi connectivity index (χ1n) is 7.41. The third kappa shape index (κ3) is 5.58. The van der Waals surface area contributed by atoms with Crippen molar-refractivity contribution in [2.24, 2.45) is 0 Å². The average molecular weight is 332 g/mol. The van der Waals surface area contributed by atoms with Crippen molar-refractivity contribution >= 4 is 29.7 Å². The van der Waals surface area contributed by atoms with Crippen LogP contribution in [0.15, 0.2) is 17.5 Å². The highest BCUT2D eigenvalue weighted by molar-refractivity contribution is 7.09. The molecule has 0 bridgehead atoms. The summed E-state index contributed by atoms with van der Waals surface area (Å²) < 4.78 is 0. The molecule has 1 fully saturated rings. The summed E-state index contributed by atoms with van der Waals surface area (Å²) in [6, 6.07) is 4.64. The van der Waals surface area contributed by atoms with Gasteiger partial charge in [0.15, 0.2) is 0 Å². The molecule has 21 heavy (non-hydrogen) atoms. The van der Waals surface area contributed by atoms with Crippen molar-refractivity contribution < 1.29 is 4.79 Å². The molecule has 1 N–H and O–H groups in total. The van der Waals surface area contributed by atoms with E-state index in [1.54, 1.807) is 11.3 Å². The molecule has 2 heterocycles. The van der Waals surface area contributed by atoms with Crippen LogP contribution >= 0.6 is 23.7 Å². The highest BCUT2D eigenvalue weighted by Crippen LogP contribution is 2.13. The maximum absolute atomic E-state index is 12.4. The summed E-state index contributed by atoms with van der Waals surface area (Å²) in [6.45, 7) is 6.54. The van der Waals surface area contributed by atoms with Crippen LogP contribution in [-0.4, -0.2) is 55.0 Å². The molecule has 0 saturated carbocycles. The zero-order chi connectivity index (χ0) is 14.4. The number of thiophene rings is 1. The lowest BCUT2D eigenvalue weighted by molar-refractivity contribution is -0.132. The molecule has 0 aliphatic carbocycles. The number of nitrogens with one attached hydrogen (secondary N) is 1. The van der Waals surface area contributed by atoms with Crippen molar-refractivity contribution in [1.82, 2.24) is 15.1 Å². The van der Waals surface area contributed by atoms with Gasteiger partial charge in [-0.2, -0.15) is 0 Å². The second-order valence-corrected chi connectivity index (χ2v) is 6.48. The van der Waals surface area contributed by atoms with Gasteiger partial charge in [-0.3, -0.25) is 9.69 Å². The summed E-state index contributed by atoms with van der Waals surface area (Å²) >= 11 is 1.71. The third-order valence-corrected chi connectivity index (χ3v) is 4.66. The minimum absolute atomic E-state index is 0. The topological polar surface area (TPSA) is 35.6 Å². The monoisotopic (exact) mass is 331 g/mol. The molecule has 1 amide bonds. The van der Waals surface area contributed by atoms with Gasteiger partial charge in [0.2, 0.25) is 5.91 Å². The maximum Gasteiger partial charge on any atom is 0.236 e. The van der Waals surface area contributed by atoms with Gasteiger partial charge in [0.05, 0.1) is 13.1 Å². The van der Waals surface area contributed by atoms with Crippen LogP contribution in [0.25, 0.3) is 0 Å². The molecule has 1 aliphatic heterocycles. The molecule has 0 spiro atoms. The molecule has 1 aliphatic rings. The zero-order valence-electron chi connectivity index (χ0n) is 12.9. The molecule has 120 valence electrons. The number of rotatable bonds is 7. The van der Waals surface area contributed by atoms with Crippen LogP contribution in [0.2, 0.25) is 0 Å². The van der Waals surface area contributed by atoms with Gasteiger partial charge in [-0.15, -0.1) is 23.7 Å². The average Bonchev–Trinajstić information content (AvgIpc) is 3.11. The van der Waals surface area contributed by atoms with Gasteiger partial charge >= 0.3 is 0 Å². The van der Waals surface area contributed by atoms with E-state index in [-0.39, 0.29) is 18.3 Å². The van der Waals surface area contributed by atoms with Crippen molar-refractivity contribution in [3.63, 3.8) is 0 Å². The number of halogens is 1. The molecule has 1 atom stereocenters.